The van der Waals surface area contributed by atoms with E-state index in [0.717, 1.165) is 15.8 Å². The van der Waals surface area contributed by atoms with Crippen molar-refractivity contribution in [3.05, 3.63) is 28.2 Å². The molecule has 0 heterocycles. The molecule has 1 rings (SSSR count). The van der Waals surface area contributed by atoms with Crippen molar-refractivity contribution in [2.24, 2.45) is 0 Å². The zero-order chi connectivity index (χ0) is 15.1. The van der Waals surface area contributed by atoms with Gasteiger partial charge in [-0.1, -0.05) is 29.8 Å². The second kappa shape index (κ2) is 8.27. The van der Waals surface area contributed by atoms with E-state index in [2.05, 4.69) is 40.4 Å². The monoisotopic (exact) mass is 342 g/mol. The minimum absolute atomic E-state index is 0.0362. The fraction of sp³-hybridized carbons (Fsp3) is 0.533. The number of carbonyl (C=O) groups excluding carboxylic acids is 1. The molecule has 0 aliphatic carbocycles. The summed E-state index contributed by atoms with van der Waals surface area (Å²) >= 11 is 3.45. The third-order valence-corrected chi connectivity index (χ3v) is 3.02. The second-order valence-electron chi connectivity index (χ2n) is 5.30. The van der Waals surface area contributed by atoms with Crippen LogP contribution in [-0.2, 0) is 11.3 Å². The highest BCUT2D eigenvalue weighted by Gasteiger charge is 2.09. The first-order valence-electron chi connectivity index (χ1n) is 6.82. The third-order valence-electron chi connectivity index (χ3n) is 2.53. The molecule has 112 valence electrons. The highest BCUT2D eigenvalue weighted by Crippen LogP contribution is 2.23. The number of benzene rings is 1. The summed E-state index contributed by atoms with van der Waals surface area (Å²) in [7, 11) is 0. The van der Waals surface area contributed by atoms with Crippen molar-refractivity contribution in [1.82, 2.24) is 10.6 Å². The van der Waals surface area contributed by atoms with Gasteiger partial charge >= 0.3 is 0 Å². The van der Waals surface area contributed by atoms with Crippen molar-refractivity contribution in [3.63, 3.8) is 0 Å². The Morgan fingerprint density at radius 1 is 1.25 bits per heavy atom. The molecule has 0 aromatic heterocycles. The van der Waals surface area contributed by atoms with Crippen LogP contribution in [0.25, 0.3) is 0 Å². The number of hydrogen-bond donors (Lipinski definition) is 2. The van der Waals surface area contributed by atoms with Gasteiger partial charge < -0.3 is 15.4 Å². The van der Waals surface area contributed by atoms with Crippen LogP contribution in [0.1, 0.15) is 33.3 Å². The molecular weight excluding hydrogens is 320 g/mol. The van der Waals surface area contributed by atoms with Crippen LogP contribution < -0.4 is 15.4 Å². The predicted octanol–water partition coefficient (Wildman–Crippen LogP) is 2.85. The first-order valence-corrected chi connectivity index (χ1v) is 7.61. The van der Waals surface area contributed by atoms with Crippen molar-refractivity contribution >= 4 is 21.8 Å². The molecule has 1 amide bonds. The lowest BCUT2D eigenvalue weighted by molar-refractivity contribution is -0.123. The van der Waals surface area contributed by atoms with Gasteiger partial charge in [-0.25, -0.2) is 0 Å². The lowest BCUT2D eigenvalue weighted by atomic mass is 10.2. The van der Waals surface area contributed by atoms with Crippen molar-refractivity contribution in [1.29, 1.82) is 0 Å². The van der Waals surface area contributed by atoms with Gasteiger partial charge in [-0.15, -0.1) is 0 Å². The average Bonchev–Trinajstić information content (AvgIpc) is 2.34. The largest absolute Gasteiger partial charge is 0.483 e. The number of nitrogens with one attached hydrogen (secondary N) is 2. The molecule has 20 heavy (non-hydrogen) atoms. The van der Waals surface area contributed by atoms with Crippen molar-refractivity contribution in [3.8, 4) is 5.75 Å². The summed E-state index contributed by atoms with van der Waals surface area (Å²) in [5.74, 6) is 0.631. The zero-order valence-corrected chi connectivity index (χ0v) is 14.1. The smallest absolute Gasteiger partial charge is 0.258 e. The van der Waals surface area contributed by atoms with Crippen LogP contribution >= 0.6 is 15.9 Å². The molecule has 1 aromatic carbocycles. The average molecular weight is 343 g/mol. The van der Waals surface area contributed by atoms with Gasteiger partial charge in [-0.3, -0.25) is 4.79 Å². The zero-order valence-electron chi connectivity index (χ0n) is 12.5. The first-order chi connectivity index (χ1) is 9.38. The number of hydrogen-bond acceptors (Lipinski definition) is 3. The van der Waals surface area contributed by atoms with Gasteiger partial charge in [0.05, 0.1) is 0 Å². The van der Waals surface area contributed by atoms with Crippen LogP contribution in [0, 0.1) is 0 Å². The maximum Gasteiger partial charge on any atom is 0.258 e. The third kappa shape index (κ3) is 6.39. The molecular formula is C15H23BrN2O2. The molecule has 0 saturated heterocycles. The second-order valence-corrected chi connectivity index (χ2v) is 6.21. The summed E-state index contributed by atoms with van der Waals surface area (Å²) in [5, 5.41) is 6.15. The molecule has 0 saturated carbocycles. The summed E-state index contributed by atoms with van der Waals surface area (Å²) in [6.07, 6.45) is 0. The van der Waals surface area contributed by atoms with Crippen molar-refractivity contribution in [2.45, 2.75) is 46.3 Å². The van der Waals surface area contributed by atoms with Crippen molar-refractivity contribution < 1.29 is 9.53 Å². The molecule has 2 N–H and O–H groups in total. The Morgan fingerprint density at radius 2 is 1.95 bits per heavy atom. The molecule has 0 fully saturated rings. The molecule has 0 aliphatic rings. The Kier molecular flexibility index (Phi) is 7.02. The van der Waals surface area contributed by atoms with Crippen LogP contribution in [0.4, 0.5) is 0 Å². The van der Waals surface area contributed by atoms with E-state index < -0.39 is 0 Å². The van der Waals surface area contributed by atoms with E-state index in [1.165, 1.54) is 0 Å². The van der Waals surface area contributed by atoms with E-state index in [-0.39, 0.29) is 18.6 Å². The van der Waals surface area contributed by atoms with Crippen molar-refractivity contribution in [2.75, 3.05) is 6.61 Å². The van der Waals surface area contributed by atoms with Gasteiger partial charge in [0.1, 0.15) is 5.75 Å². The van der Waals surface area contributed by atoms with Crippen LogP contribution in [0.15, 0.2) is 22.7 Å². The lowest BCUT2D eigenvalue weighted by Crippen LogP contribution is -2.34. The Balaban J connectivity index is 2.66. The lowest BCUT2D eigenvalue weighted by Gasteiger charge is -2.15. The molecule has 4 nitrogen and oxygen atoms in total. The number of amides is 1. The molecule has 0 aliphatic heterocycles. The summed E-state index contributed by atoms with van der Waals surface area (Å²) in [6.45, 7) is 8.78. The van der Waals surface area contributed by atoms with E-state index in [1.54, 1.807) is 0 Å². The Morgan fingerprint density at radius 3 is 2.55 bits per heavy atom. The Hall–Kier alpha value is -1.07. The minimum Gasteiger partial charge on any atom is -0.483 e. The van der Waals surface area contributed by atoms with Gasteiger partial charge in [-0.2, -0.15) is 0 Å². The van der Waals surface area contributed by atoms with E-state index in [4.69, 9.17) is 4.74 Å². The number of rotatable bonds is 7. The molecule has 5 heteroatoms. The maximum absolute atomic E-state index is 11.6. The summed E-state index contributed by atoms with van der Waals surface area (Å²) in [5.41, 5.74) is 1.03. The van der Waals surface area contributed by atoms with Gasteiger partial charge in [-0.05, 0) is 32.0 Å². The molecule has 1 aromatic rings. The summed E-state index contributed by atoms with van der Waals surface area (Å²) in [6, 6.07) is 6.31. The van der Waals surface area contributed by atoms with E-state index in [1.807, 2.05) is 32.0 Å². The Bertz CT molecular complexity index is 447. The Labute approximate surface area is 129 Å². The van der Waals surface area contributed by atoms with Crippen LogP contribution in [0.3, 0.4) is 0 Å². The predicted molar refractivity (Wildman–Crippen MR) is 84.9 cm³/mol. The van der Waals surface area contributed by atoms with Gasteiger partial charge in [0.25, 0.3) is 5.91 Å². The van der Waals surface area contributed by atoms with Gasteiger partial charge in [0.2, 0.25) is 0 Å². The maximum atomic E-state index is 11.6. The fourth-order valence-electron chi connectivity index (χ4n) is 1.65. The highest BCUT2D eigenvalue weighted by atomic mass is 79.9. The quantitative estimate of drug-likeness (QED) is 0.800. The standard InChI is InChI=1S/C15H23BrN2O2/c1-10(2)17-8-12-7-13(16)5-6-14(12)20-9-15(19)18-11(3)4/h5-7,10-11,17H,8-9H2,1-4H3,(H,18,19). The molecule has 0 spiro atoms. The molecule has 0 atom stereocenters. The van der Waals surface area contributed by atoms with Gasteiger partial charge in [0.15, 0.2) is 6.61 Å². The van der Waals surface area contributed by atoms with E-state index in [9.17, 15) is 4.79 Å². The normalized spacial score (nSPS) is 10.9. The van der Waals surface area contributed by atoms with E-state index >= 15 is 0 Å². The van der Waals surface area contributed by atoms with Crippen LogP contribution in [-0.4, -0.2) is 24.6 Å². The van der Waals surface area contributed by atoms with E-state index in [0.29, 0.717) is 12.6 Å². The minimum atomic E-state index is -0.106. The van der Waals surface area contributed by atoms with Gasteiger partial charge in [0, 0.05) is 28.7 Å². The number of halogens is 1. The molecule has 0 bridgehead atoms. The summed E-state index contributed by atoms with van der Waals surface area (Å²) < 4.78 is 6.61. The topological polar surface area (TPSA) is 50.4 Å². The highest BCUT2D eigenvalue weighted by molar-refractivity contribution is 9.10. The molecule has 0 unspecified atom stereocenters. The number of carbonyl (C=O) groups is 1. The number of ether oxygens (including phenoxy) is 1. The summed E-state index contributed by atoms with van der Waals surface area (Å²) in [4.78, 5) is 11.6. The van der Waals surface area contributed by atoms with Crippen LogP contribution in [0.2, 0.25) is 0 Å². The SMILES string of the molecule is CC(C)NCc1cc(Br)ccc1OCC(=O)NC(C)C. The first kappa shape index (κ1) is 17.0. The molecule has 0 radical (unpaired) electrons. The van der Waals surface area contributed by atoms with Crippen LogP contribution in [0.5, 0.6) is 5.75 Å². The fourth-order valence-corrected chi connectivity index (χ4v) is 2.06.